The number of nitrogens with two attached hydrogens (primary N) is 1. The molecule has 0 heterocycles. The number of benzene rings is 3. The van der Waals surface area contributed by atoms with E-state index < -0.39 is 12.1 Å². The average molecular weight is 375 g/mol. The highest BCUT2D eigenvalue weighted by Crippen LogP contribution is 2.29. The quantitative estimate of drug-likeness (QED) is 0.668. The molecule has 0 saturated carbocycles. The number of fused-ring (bicyclic) bond motifs is 1. The molecule has 0 aliphatic carbocycles. The number of carboxylic acid groups (broad SMARTS) is 1. The maximum Gasteiger partial charge on any atom is 0.490 e. The van der Waals surface area contributed by atoms with Crippen LogP contribution in [0.5, 0.6) is 0 Å². The van der Waals surface area contributed by atoms with Gasteiger partial charge in [-0.2, -0.15) is 13.2 Å². The summed E-state index contributed by atoms with van der Waals surface area (Å²) in [6, 6.07) is 21.4. The van der Waals surface area contributed by atoms with E-state index in [1.807, 2.05) is 66.7 Å². The van der Waals surface area contributed by atoms with E-state index in [0.717, 1.165) is 28.2 Å². The Bertz CT molecular complexity index is 940. The minimum Gasteiger partial charge on any atom is -0.475 e. The third kappa shape index (κ3) is 4.92. The fraction of sp³-hybridized carbons (Fsp3) is 0.100. The van der Waals surface area contributed by atoms with Crippen LogP contribution in [-0.2, 0) is 4.79 Å². The van der Waals surface area contributed by atoms with Crippen molar-refractivity contribution in [1.82, 2.24) is 0 Å². The minimum absolute atomic E-state index is 0.303. The molecule has 0 saturated heterocycles. The molecule has 0 bridgehead atoms. The third-order valence-electron chi connectivity index (χ3n) is 3.84. The monoisotopic (exact) mass is 375 g/mol. The van der Waals surface area contributed by atoms with E-state index in [0.29, 0.717) is 5.56 Å². The van der Waals surface area contributed by atoms with Crippen molar-refractivity contribution < 1.29 is 27.9 Å². The Morgan fingerprint density at radius 3 is 2.07 bits per heavy atom. The molecule has 4 nitrogen and oxygen atoms in total. The maximum absolute atomic E-state index is 11.4. The predicted molar refractivity (Wildman–Crippen MR) is 95.5 cm³/mol. The van der Waals surface area contributed by atoms with Gasteiger partial charge in [-0.25, -0.2) is 4.79 Å². The van der Waals surface area contributed by atoms with Gasteiger partial charge in [-0.15, -0.1) is 0 Å². The summed E-state index contributed by atoms with van der Waals surface area (Å²) in [5.41, 5.74) is 8.95. The van der Waals surface area contributed by atoms with Crippen LogP contribution < -0.4 is 5.73 Å². The molecule has 0 aromatic heterocycles. The Morgan fingerprint density at radius 2 is 1.52 bits per heavy atom. The molecule has 27 heavy (non-hydrogen) atoms. The van der Waals surface area contributed by atoms with Gasteiger partial charge in [0, 0.05) is 5.56 Å². The molecule has 0 spiro atoms. The lowest BCUT2D eigenvalue weighted by molar-refractivity contribution is -0.192. The number of aldehydes is 1. The van der Waals surface area contributed by atoms with Gasteiger partial charge >= 0.3 is 12.1 Å². The molecular weight excluding hydrogens is 359 g/mol. The van der Waals surface area contributed by atoms with Gasteiger partial charge in [-0.3, -0.25) is 4.79 Å². The molecule has 0 amide bonds. The molecule has 0 aliphatic heterocycles. The normalized spacial score (nSPS) is 12.0. The number of hydrogen-bond acceptors (Lipinski definition) is 3. The van der Waals surface area contributed by atoms with Crippen LogP contribution in [0.3, 0.4) is 0 Å². The summed E-state index contributed by atoms with van der Waals surface area (Å²) in [4.78, 5) is 20.2. The van der Waals surface area contributed by atoms with Crippen LogP contribution in [0.1, 0.15) is 27.5 Å². The molecule has 3 aromatic carbocycles. The highest BCUT2D eigenvalue weighted by Gasteiger charge is 2.38. The second-order valence-electron chi connectivity index (χ2n) is 5.60. The zero-order valence-electron chi connectivity index (χ0n) is 14.0. The summed E-state index contributed by atoms with van der Waals surface area (Å²) in [5, 5.41) is 9.26. The summed E-state index contributed by atoms with van der Waals surface area (Å²) in [6.45, 7) is 0. The number of rotatable bonds is 3. The lowest BCUT2D eigenvalue weighted by Gasteiger charge is -2.17. The van der Waals surface area contributed by atoms with Crippen LogP contribution >= 0.6 is 0 Å². The zero-order chi connectivity index (χ0) is 20.0. The van der Waals surface area contributed by atoms with E-state index in [1.165, 1.54) is 0 Å². The van der Waals surface area contributed by atoms with Crippen molar-refractivity contribution in [2.24, 2.45) is 5.73 Å². The second kappa shape index (κ2) is 8.46. The Balaban J connectivity index is 0.000000321. The fourth-order valence-electron chi connectivity index (χ4n) is 2.59. The number of carboxylic acids is 1. The molecule has 1 unspecified atom stereocenters. The first-order valence-corrected chi connectivity index (χ1v) is 7.83. The van der Waals surface area contributed by atoms with E-state index in [4.69, 9.17) is 15.6 Å². The Kier molecular flexibility index (Phi) is 6.31. The average Bonchev–Trinajstić information content (AvgIpc) is 2.67. The minimum atomic E-state index is -5.08. The van der Waals surface area contributed by atoms with E-state index in [1.54, 1.807) is 0 Å². The van der Waals surface area contributed by atoms with Crippen LogP contribution in [0.25, 0.3) is 10.8 Å². The van der Waals surface area contributed by atoms with Gasteiger partial charge in [0.1, 0.15) is 6.29 Å². The molecular formula is C20H16F3NO3. The highest BCUT2D eigenvalue weighted by atomic mass is 19.4. The lowest BCUT2D eigenvalue weighted by Crippen LogP contribution is -2.21. The van der Waals surface area contributed by atoms with E-state index in [9.17, 15) is 18.0 Å². The van der Waals surface area contributed by atoms with Crippen molar-refractivity contribution in [2.45, 2.75) is 12.2 Å². The van der Waals surface area contributed by atoms with E-state index in [2.05, 4.69) is 0 Å². The summed E-state index contributed by atoms with van der Waals surface area (Å²) in [5.74, 6) is -2.76. The third-order valence-corrected chi connectivity index (χ3v) is 3.84. The van der Waals surface area contributed by atoms with Crippen LogP contribution in [0.2, 0.25) is 0 Å². The SMILES string of the molecule is NC(c1ccccc1)c1c(C=O)ccc2ccccc12.O=C(O)C(F)(F)F. The fourth-order valence-corrected chi connectivity index (χ4v) is 2.59. The van der Waals surface area contributed by atoms with Gasteiger partial charge in [0.2, 0.25) is 0 Å². The molecule has 140 valence electrons. The molecule has 0 aliphatic rings. The Labute approximate surface area is 153 Å². The van der Waals surface area contributed by atoms with E-state index in [-0.39, 0.29) is 6.04 Å². The number of carbonyl (C=O) groups is 2. The molecule has 3 N–H and O–H groups in total. The summed E-state index contributed by atoms with van der Waals surface area (Å²) in [6.07, 6.45) is -4.20. The molecule has 1 atom stereocenters. The van der Waals surface area contributed by atoms with E-state index >= 15 is 0 Å². The van der Waals surface area contributed by atoms with Gasteiger partial charge in [0.05, 0.1) is 6.04 Å². The number of carbonyl (C=O) groups excluding carboxylic acids is 1. The zero-order valence-corrected chi connectivity index (χ0v) is 14.0. The number of halogens is 3. The smallest absolute Gasteiger partial charge is 0.475 e. The van der Waals surface area contributed by atoms with Crippen LogP contribution in [0, 0.1) is 0 Å². The first-order valence-electron chi connectivity index (χ1n) is 7.83. The van der Waals surface area contributed by atoms with Crippen molar-refractivity contribution in [1.29, 1.82) is 0 Å². The molecule has 0 radical (unpaired) electrons. The first kappa shape index (κ1) is 20.1. The number of hydrogen-bond donors (Lipinski definition) is 2. The molecule has 7 heteroatoms. The molecule has 3 aromatic rings. The second-order valence-corrected chi connectivity index (χ2v) is 5.60. The lowest BCUT2D eigenvalue weighted by atomic mass is 9.90. The summed E-state index contributed by atoms with van der Waals surface area (Å²) < 4.78 is 31.7. The predicted octanol–water partition coefficient (Wildman–Crippen LogP) is 4.33. The van der Waals surface area contributed by atoms with Crippen LogP contribution in [0.15, 0.2) is 66.7 Å². The summed E-state index contributed by atoms with van der Waals surface area (Å²) >= 11 is 0. The van der Waals surface area contributed by atoms with Gasteiger partial charge in [-0.05, 0) is 21.9 Å². The van der Waals surface area contributed by atoms with Crippen molar-refractivity contribution in [2.75, 3.05) is 0 Å². The number of aliphatic carboxylic acids is 1. The molecule has 0 fully saturated rings. The van der Waals surface area contributed by atoms with Crippen molar-refractivity contribution in [3.63, 3.8) is 0 Å². The molecule has 3 rings (SSSR count). The first-order chi connectivity index (χ1) is 12.8. The number of alkyl halides is 3. The Morgan fingerprint density at radius 1 is 0.963 bits per heavy atom. The van der Waals surface area contributed by atoms with Crippen molar-refractivity contribution in [3.05, 3.63) is 83.4 Å². The Hall–Kier alpha value is -3.19. The standard InChI is InChI=1S/C18H15NO.C2HF3O2/c19-18(14-7-2-1-3-8-14)17-15(12-20)11-10-13-6-4-5-9-16(13)17;3-2(4,5)1(6)7/h1-12,18H,19H2;(H,6,7). The van der Waals surface area contributed by atoms with Gasteiger partial charge in [-0.1, -0.05) is 66.7 Å². The summed E-state index contributed by atoms with van der Waals surface area (Å²) in [7, 11) is 0. The van der Waals surface area contributed by atoms with Gasteiger partial charge < -0.3 is 10.8 Å². The topological polar surface area (TPSA) is 80.4 Å². The maximum atomic E-state index is 11.4. The van der Waals surface area contributed by atoms with Crippen LogP contribution in [0.4, 0.5) is 13.2 Å². The highest BCUT2D eigenvalue weighted by molar-refractivity contribution is 5.94. The largest absolute Gasteiger partial charge is 0.490 e. The van der Waals surface area contributed by atoms with Crippen molar-refractivity contribution >= 4 is 23.0 Å². The van der Waals surface area contributed by atoms with Crippen LogP contribution in [-0.4, -0.2) is 23.5 Å². The van der Waals surface area contributed by atoms with Gasteiger partial charge in [0.25, 0.3) is 0 Å². The van der Waals surface area contributed by atoms with Gasteiger partial charge in [0.15, 0.2) is 0 Å². The van der Waals surface area contributed by atoms with Crippen molar-refractivity contribution in [3.8, 4) is 0 Å².